The van der Waals surface area contributed by atoms with Crippen molar-refractivity contribution in [3.05, 3.63) is 70.4 Å². The quantitative estimate of drug-likeness (QED) is 0.740. The molecule has 0 saturated carbocycles. The van der Waals surface area contributed by atoms with Gasteiger partial charge >= 0.3 is 6.18 Å². The molecule has 29 heavy (non-hydrogen) atoms. The summed E-state index contributed by atoms with van der Waals surface area (Å²) >= 11 is 5.67. The monoisotopic (exact) mass is 428 g/mol. The average molecular weight is 429 g/mol. The van der Waals surface area contributed by atoms with E-state index in [0.717, 1.165) is 12.3 Å². The molecule has 1 N–H and O–H groups in total. The normalized spacial score (nSPS) is 19.0. The van der Waals surface area contributed by atoms with Gasteiger partial charge in [0.2, 0.25) is 0 Å². The second kappa shape index (κ2) is 8.26. The van der Waals surface area contributed by atoms with Crippen molar-refractivity contribution >= 4 is 23.7 Å². The Morgan fingerprint density at radius 2 is 2.10 bits per heavy atom. The van der Waals surface area contributed by atoms with Gasteiger partial charge in [0.05, 0.1) is 11.6 Å². The van der Waals surface area contributed by atoms with E-state index in [2.05, 4.69) is 20.5 Å². The number of halogens is 5. The number of dihydropyridines is 1. The Hall–Kier alpha value is -2.85. The molecule has 1 aromatic heterocycles. The van der Waals surface area contributed by atoms with Crippen molar-refractivity contribution in [1.82, 2.24) is 15.5 Å². The molecule has 6 nitrogen and oxygen atoms in total. The minimum absolute atomic E-state index is 0.00213. The van der Waals surface area contributed by atoms with E-state index in [-0.39, 0.29) is 28.5 Å². The smallest absolute Gasteiger partial charge is 0.351 e. The third-order valence-electron chi connectivity index (χ3n) is 3.86. The molecular weight excluding hydrogens is 416 g/mol. The molecule has 2 heterocycles. The van der Waals surface area contributed by atoms with E-state index in [0.29, 0.717) is 0 Å². The molecule has 1 amide bonds. The predicted octanol–water partition coefficient (Wildman–Crippen LogP) is 3.44. The van der Waals surface area contributed by atoms with Crippen LogP contribution in [-0.2, 0) is 10.3 Å². The van der Waals surface area contributed by atoms with Crippen LogP contribution in [0, 0.1) is 5.82 Å². The molecule has 0 saturated heterocycles. The Bertz CT molecular complexity index is 966. The van der Waals surface area contributed by atoms with Crippen LogP contribution in [0.5, 0.6) is 0 Å². The summed E-state index contributed by atoms with van der Waals surface area (Å²) in [4.78, 5) is 16.3. The van der Waals surface area contributed by atoms with Crippen LogP contribution < -0.4 is 5.32 Å². The Morgan fingerprint density at radius 3 is 2.76 bits per heavy atom. The number of nitrogens with one attached hydrogen (secondary N) is 1. The standard InChI is InChI=1S/C18H13ClF4N4O2/c19-13-4-3-11(6-14(13)20)17(29-10-18(21,22)23)7-12(8-24-9-17)26-16(28)15-2-1-5-25-27-15/h1-7,9H,8,10H2,(H,26,28). The van der Waals surface area contributed by atoms with E-state index >= 15 is 0 Å². The number of carbonyl (C=O) groups is 1. The Kier molecular flexibility index (Phi) is 5.94. The van der Waals surface area contributed by atoms with Crippen molar-refractivity contribution in [2.75, 3.05) is 13.2 Å². The molecule has 0 radical (unpaired) electrons. The number of rotatable bonds is 5. The summed E-state index contributed by atoms with van der Waals surface area (Å²) in [5, 5.41) is 9.55. The predicted molar refractivity (Wildman–Crippen MR) is 96.0 cm³/mol. The molecular formula is C18H13ClF4N4O2. The van der Waals surface area contributed by atoms with Crippen LogP contribution in [0.4, 0.5) is 17.6 Å². The zero-order valence-electron chi connectivity index (χ0n) is 14.6. The molecule has 0 spiro atoms. The average Bonchev–Trinajstić information content (AvgIpc) is 2.69. The van der Waals surface area contributed by atoms with Gasteiger partial charge < -0.3 is 10.1 Å². The maximum absolute atomic E-state index is 13.9. The molecule has 1 aliphatic rings. The molecule has 1 unspecified atom stereocenters. The summed E-state index contributed by atoms with van der Waals surface area (Å²) in [7, 11) is 0. The minimum Gasteiger partial charge on any atom is -0.351 e. The number of carbonyl (C=O) groups excluding carboxylic acids is 1. The van der Waals surface area contributed by atoms with Gasteiger partial charge in [-0.2, -0.15) is 18.3 Å². The zero-order chi connectivity index (χ0) is 21.1. The van der Waals surface area contributed by atoms with Gasteiger partial charge in [0.1, 0.15) is 18.0 Å². The van der Waals surface area contributed by atoms with Crippen LogP contribution in [-0.4, -0.2) is 41.6 Å². The van der Waals surface area contributed by atoms with Crippen LogP contribution in [0.25, 0.3) is 0 Å². The molecule has 0 fully saturated rings. The van der Waals surface area contributed by atoms with E-state index in [1.807, 2.05) is 0 Å². The lowest BCUT2D eigenvalue weighted by atomic mass is 9.91. The lowest BCUT2D eigenvalue weighted by molar-refractivity contribution is -0.188. The number of hydrogen-bond acceptors (Lipinski definition) is 5. The molecule has 0 bridgehead atoms. The second-order valence-electron chi connectivity index (χ2n) is 6.03. The first-order valence-electron chi connectivity index (χ1n) is 8.16. The van der Waals surface area contributed by atoms with Gasteiger partial charge in [-0.15, -0.1) is 5.10 Å². The lowest BCUT2D eigenvalue weighted by Crippen LogP contribution is -2.38. The molecule has 0 aliphatic carbocycles. The first kappa shape index (κ1) is 20.9. The number of aliphatic imine (C=N–C) groups is 1. The number of nitrogens with zero attached hydrogens (tertiary/aromatic N) is 3. The maximum atomic E-state index is 13.9. The van der Waals surface area contributed by atoms with Crippen molar-refractivity contribution in [1.29, 1.82) is 0 Å². The fourth-order valence-electron chi connectivity index (χ4n) is 2.59. The van der Waals surface area contributed by atoms with Gasteiger partial charge in [0.15, 0.2) is 5.69 Å². The van der Waals surface area contributed by atoms with Crippen molar-refractivity contribution in [2.45, 2.75) is 11.8 Å². The largest absolute Gasteiger partial charge is 0.411 e. The van der Waals surface area contributed by atoms with Crippen molar-refractivity contribution in [3.8, 4) is 0 Å². The van der Waals surface area contributed by atoms with Gasteiger partial charge in [-0.25, -0.2) is 4.39 Å². The highest BCUT2D eigenvalue weighted by Gasteiger charge is 2.38. The van der Waals surface area contributed by atoms with Gasteiger partial charge in [0.25, 0.3) is 5.91 Å². The highest BCUT2D eigenvalue weighted by molar-refractivity contribution is 6.30. The molecule has 1 aliphatic heterocycles. The van der Waals surface area contributed by atoms with Crippen LogP contribution in [0.15, 0.2) is 53.3 Å². The molecule has 2 aromatic rings. The third-order valence-corrected chi connectivity index (χ3v) is 4.16. The molecule has 11 heteroatoms. The van der Waals surface area contributed by atoms with E-state index in [9.17, 15) is 22.4 Å². The third kappa shape index (κ3) is 5.15. The van der Waals surface area contributed by atoms with E-state index in [1.165, 1.54) is 36.5 Å². The van der Waals surface area contributed by atoms with E-state index in [4.69, 9.17) is 16.3 Å². The van der Waals surface area contributed by atoms with Gasteiger partial charge in [-0.3, -0.25) is 9.79 Å². The summed E-state index contributed by atoms with van der Waals surface area (Å²) in [5.41, 5.74) is -1.68. The second-order valence-corrected chi connectivity index (χ2v) is 6.44. The Balaban J connectivity index is 1.95. The van der Waals surface area contributed by atoms with E-state index in [1.54, 1.807) is 0 Å². The van der Waals surface area contributed by atoms with Crippen LogP contribution in [0.3, 0.4) is 0 Å². The van der Waals surface area contributed by atoms with Crippen LogP contribution in [0.2, 0.25) is 5.02 Å². The Morgan fingerprint density at radius 1 is 1.31 bits per heavy atom. The molecule has 1 atom stereocenters. The zero-order valence-corrected chi connectivity index (χ0v) is 15.3. The van der Waals surface area contributed by atoms with Gasteiger partial charge in [0, 0.05) is 18.1 Å². The summed E-state index contributed by atoms with van der Waals surface area (Å²) in [5.74, 6) is -1.47. The highest BCUT2D eigenvalue weighted by atomic mass is 35.5. The molecule has 152 valence electrons. The summed E-state index contributed by atoms with van der Waals surface area (Å²) < 4.78 is 57.4. The lowest BCUT2D eigenvalue weighted by Gasteiger charge is -2.31. The van der Waals surface area contributed by atoms with Crippen molar-refractivity contribution in [3.63, 3.8) is 0 Å². The minimum atomic E-state index is -4.64. The first-order chi connectivity index (χ1) is 13.7. The van der Waals surface area contributed by atoms with Crippen molar-refractivity contribution < 1.29 is 27.1 Å². The molecule has 1 aromatic carbocycles. The summed E-state index contributed by atoms with van der Waals surface area (Å²) in [6.07, 6.45) is -0.895. The summed E-state index contributed by atoms with van der Waals surface area (Å²) in [6.45, 7) is -1.65. The number of aromatic nitrogens is 2. The SMILES string of the molecule is O=C(NC1=CC(OCC(F)(F)F)(c2ccc(Cl)c(F)c2)C=NC1)c1cccnn1. The summed E-state index contributed by atoms with van der Waals surface area (Å²) in [6, 6.07) is 6.38. The van der Waals surface area contributed by atoms with Crippen LogP contribution in [0.1, 0.15) is 16.1 Å². The number of benzene rings is 1. The topological polar surface area (TPSA) is 76.5 Å². The van der Waals surface area contributed by atoms with Crippen LogP contribution >= 0.6 is 11.6 Å². The van der Waals surface area contributed by atoms with E-state index < -0.39 is 30.1 Å². The first-order valence-corrected chi connectivity index (χ1v) is 8.54. The highest BCUT2D eigenvalue weighted by Crippen LogP contribution is 2.33. The fourth-order valence-corrected chi connectivity index (χ4v) is 2.71. The Labute approximate surface area is 167 Å². The van der Waals surface area contributed by atoms with Gasteiger partial charge in [-0.1, -0.05) is 17.7 Å². The number of ether oxygens (including phenoxy) is 1. The number of amides is 1. The maximum Gasteiger partial charge on any atom is 0.411 e. The van der Waals surface area contributed by atoms with Gasteiger partial charge in [-0.05, 0) is 35.9 Å². The van der Waals surface area contributed by atoms with Crippen molar-refractivity contribution in [2.24, 2.45) is 4.99 Å². The fraction of sp³-hybridized carbons (Fsp3) is 0.222. The molecule has 3 rings (SSSR count). The number of alkyl halides is 3. The number of hydrogen-bond donors (Lipinski definition) is 1.